The minimum absolute atomic E-state index is 0.0462. The average molecular weight is 409 g/mol. The maximum absolute atomic E-state index is 12.6. The first-order valence-corrected chi connectivity index (χ1v) is 9.94. The van der Waals surface area contributed by atoms with Gasteiger partial charge in [-0.25, -0.2) is 9.61 Å². The average Bonchev–Trinajstić information content (AvgIpc) is 3.41. The van der Waals surface area contributed by atoms with Gasteiger partial charge in [0.25, 0.3) is 5.91 Å². The molecule has 0 spiro atoms. The van der Waals surface area contributed by atoms with Gasteiger partial charge in [-0.3, -0.25) is 9.59 Å². The Kier molecular flexibility index (Phi) is 5.87. The zero-order valence-corrected chi connectivity index (χ0v) is 16.7. The standard InChI is InChI=1S/C21H23N5O4/c1-14-19(25-30-24-14)20(28)22-12-18(27)26-9-5-8-16(13-26)21-23-11-17(29-21)10-15-6-3-2-4-7-15/h2-4,6-7,11,16H,5,8-10,12-13H2,1H3,(H,22,28). The lowest BCUT2D eigenvalue weighted by Crippen LogP contribution is -2.44. The molecule has 1 aliphatic heterocycles. The summed E-state index contributed by atoms with van der Waals surface area (Å²) in [7, 11) is 0. The van der Waals surface area contributed by atoms with Crippen molar-refractivity contribution < 1.29 is 18.6 Å². The molecule has 0 aliphatic carbocycles. The molecule has 4 rings (SSSR count). The number of rotatable bonds is 6. The molecule has 1 aromatic carbocycles. The Balaban J connectivity index is 1.32. The van der Waals surface area contributed by atoms with Gasteiger partial charge in [-0.2, -0.15) is 0 Å². The highest BCUT2D eigenvalue weighted by Crippen LogP contribution is 2.27. The fraction of sp³-hybridized carbons (Fsp3) is 0.381. The van der Waals surface area contributed by atoms with Crippen LogP contribution in [0.1, 0.15) is 52.2 Å². The molecule has 3 heterocycles. The van der Waals surface area contributed by atoms with Gasteiger partial charge >= 0.3 is 0 Å². The number of aryl methyl sites for hydroxylation is 1. The molecule has 1 fully saturated rings. The molecule has 1 aliphatic rings. The van der Waals surface area contributed by atoms with Crippen molar-refractivity contribution in [2.45, 2.75) is 32.1 Å². The van der Waals surface area contributed by atoms with Crippen LogP contribution in [0.2, 0.25) is 0 Å². The van der Waals surface area contributed by atoms with Crippen molar-refractivity contribution in [2.24, 2.45) is 0 Å². The number of oxazole rings is 1. The Labute approximate surface area is 173 Å². The molecule has 2 aromatic heterocycles. The van der Waals surface area contributed by atoms with Crippen LogP contribution in [0.5, 0.6) is 0 Å². The normalized spacial score (nSPS) is 16.4. The lowest BCUT2D eigenvalue weighted by Gasteiger charge is -2.31. The van der Waals surface area contributed by atoms with Crippen molar-refractivity contribution in [3.63, 3.8) is 0 Å². The van der Waals surface area contributed by atoms with Gasteiger partial charge in [0.1, 0.15) is 11.5 Å². The van der Waals surface area contributed by atoms with E-state index in [0.717, 1.165) is 24.2 Å². The maximum atomic E-state index is 12.6. The van der Waals surface area contributed by atoms with E-state index in [-0.39, 0.29) is 24.1 Å². The van der Waals surface area contributed by atoms with Crippen LogP contribution in [-0.2, 0) is 11.2 Å². The third-order valence-electron chi connectivity index (χ3n) is 5.18. The first-order valence-electron chi connectivity index (χ1n) is 9.94. The Hall–Kier alpha value is -3.49. The number of amides is 2. The van der Waals surface area contributed by atoms with Gasteiger partial charge in [0.05, 0.1) is 18.7 Å². The predicted octanol–water partition coefficient (Wildman–Crippen LogP) is 2.09. The molecule has 9 nitrogen and oxygen atoms in total. The molecule has 1 unspecified atom stereocenters. The summed E-state index contributed by atoms with van der Waals surface area (Å²) < 4.78 is 10.5. The van der Waals surface area contributed by atoms with Crippen LogP contribution in [0.15, 0.2) is 45.6 Å². The third kappa shape index (κ3) is 4.56. The van der Waals surface area contributed by atoms with Crippen LogP contribution in [0.4, 0.5) is 0 Å². The summed E-state index contributed by atoms with van der Waals surface area (Å²) in [5.74, 6) is 0.882. The second-order valence-corrected chi connectivity index (χ2v) is 7.39. The molecule has 0 radical (unpaired) electrons. The van der Waals surface area contributed by atoms with Gasteiger partial charge in [0.15, 0.2) is 11.6 Å². The van der Waals surface area contributed by atoms with Crippen molar-refractivity contribution in [2.75, 3.05) is 19.6 Å². The van der Waals surface area contributed by atoms with E-state index in [2.05, 4.69) is 25.2 Å². The van der Waals surface area contributed by atoms with E-state index in [1.807, 2.05) is 30.3 Å². The first kappa shape index (κ1) is 19.8. The molecule has 1 N–H and O–H groups in total. The second-order valence-electron chi connectivity index (χ2n) is 7.39. The summed E-state index contributed by atoms with van der Waals surface area (Å²) in [5.41, 5.74) is 1.63. The molecule has 1 atom stereocenters. The number of nitrogens with one attached hydrogen (secondary N) is 1. The number of piperidine rings is 1. The SMILES string of the molecule is Cc1nonc1C(=O)NCC(=O)N1CCCC(c2ncc(Cc3ccccc3)o2)C1. The summed E-state index contributed by atoms with van der Waals surface area (Å²) in [5, 5.41) is 9.69. The highest BCUT2D eigenvalue weighted by atomic mass is 16.6. The van der Waals surface area contributed by atoms with Crippen molar-refractivity contribution >= 4 is 11.8 Å². The van der Waals surface area contributed by atoms with Gasteiger partial charge in [-0.15, -0.1) is 0 Å². The smallest absolute Gasteiger partial charge is 0.275 e. The van der Waals surface area contributed by atoms with E-state index in [1.54, 1.807) is 18.0 Å². The molecule has 2 amide bonds. The minimum atomic E-state index is -0.478. The number of nitrogens with zero attached hydrogens (tertiary/aromatic N) is 4. The molecular formula is C21H23N5O4. The predicted molar refractivity (Wildman–Crippen MR) is 106 cm³/mol. The highest BCUT2D eigenvalue weighted by Gasteiger charge is 2.28. The number of carbonyl (C=O) groups excluding carboxylic acids is 2. The van der Waals surface area contributed by atoms with E-state index in [4.69, 9.17) is 4.42 Å². The molecule has 3 aromatic rings. The largest absolute Gasteiger partial charge is 0.445 e. The monoisotopic (exact) mass is 409 g/mol. The van der Waals surface area contributed by atoms with Crippen molar-refractivity contribution in [3.8, 4) is 0 Å². The minimum Gasteiger partial charge on any atom is -0.445 e. The molecule has 156 valence electrons. The van der Waals surface area contributed by atoms with E-state index in [1.165, 1.54) is 0 Å². The van der Waals surface area contributed by atoms with Crippen molar-refractivity contribution in [1.82, 2.24) is 25.5 Å². The van der Waals surface area contributed by atoms with Crippen molar-refractivity contribution in [3.05, 3.63) is 65.1 Å². The van der Waals surface area contributed by atoms with Gasteiger partial charge in [0, 0.05) is 19.5 Å². The topological polar surface area (TPSA) is 114 Å². The first-order chi connectivity index (χ1) is 14.6. The van der Waals surface area contributed by atoms with Crippen LogP contribution in [0.25, 0.3) is 0 Å². The Morgan fingerprint density at radius 3 is 2.83 bits per heavy atom. The van der Waals surface area contributed by atoms with E-state index in [0.29, 0.717) is 31.1 Å². The number of aromatic nitrogens is 3. The molecule has 0 bridgehead atoms. The summed E-state index contributed by atoms with van der Waals surface area (Å²) in [6.45, 7) is 2.67. The Morgan fingerprint density at radius 2 is 2.07 bits per heavy atom. The molecule has 30 heavy (non-hydrogen) atoms. The molecule has 1 saturated heterocycles. The van der Waals surface area contributed by atoms with Gasteiger partial charge in [0.2, 0.25) is 5.91 Å². The summed E-state index contributed by atoms with van der Waals surface area (Å²) in [6.07, 6.45) is 4.21. The Morgan fingerprint density at radius 1 is 1.23 bits per heavy atom. The zero-order chi connectivity index (χ0) is 20.9. The number of hydrogen-bond donors (Lipinski definition) is 1. The van der Waals surface area contributed by atoms with Crippen LogP contribution >= 0.6 is 0 Å². The maximum Gasteiger partial charge on any atom is 0.275 e. The molecular weight excluding hydrogens is 386 g/mol. The van der Waals surface area contributed by atoms with E-state index in [9.17, 15) is 9.59 Å². The van der Waals surface area contributed by atoms with E-state index >= 15 is 0 Å². The number of likely N-dealkylation sites (tertiary alicyclic amines) is 1. The van der Waals surface area contributed by atoms with Gasteiger partial charge in [-0.1, -0.05) is 35.5 Å². The van der Waals surface area contributed by atoms with Crippen LogP contribution in [0, 0.1) is 6.92 Å². The lowest BCUT2D eigenvalue weighted by molar-refractivity contribution is -0.131. The summed E-state index contributed by atoms with van der Waals surface area (Å²) in [6, 6.07) is 10.1. The van der Waals surface area contributed by atoms with Crippen LogP contribution in [0.3, 0.4) is 0 Å². The molecule has 0 saturated carbocycles. The van der Waals surface area contributed by atoms with Crippen LogP contribution < -0.4 is 5.32 Å². The van der Waals surface area contributed by atoms with Crippen molar-refractivity contribution in [1.29, 1.82) is 0 Å². The van der Waals surface area contributed by atoms with Gasteiger partial charge in [-0.05, 0) is 30.5 Å². The number of benzene rings is 1. The summed E-state index contributed by atoms with van der Waals surface area (Å²) >= 11 is 0. The fourth-order valence-electron chi connectivity index (χ4n) is 3.58. The number of carbonyl (C=O) groups is 2. The van der Waals surface area contributed by atoms with Crippen LogP contribution in [-0.4, -0.2) is 51.6 Å². The second kappa shape index (κ2) is 8.89. The fourth-order valence-corrected chi connectivity index (χ4v) is 3.58. The lowest BCUT2D eigenvalue weighted by atomic mass is 9.98. The molecule has 9 heteroatoms. The third-order valence-corrected chi connectivity index (χ3v) is 5.18. The highest BCUT2D eigenvalue weighted by molar-refractivity contribution is 5.95. The number of hydrogen-bond acceptors (Lipinski definition) is 7. The summed E-state index contributed by atoms with van der Waals surface area (Å²) in [4.78, 5) is 30.9. The Bertz CT molecular complexity index is 1010. The quantitative estimate of drug-likeness (QED) is 0.663. The van der Waals surface area contributed by atoms with Gasteiger partial charge < -0.3 is 14.6 Å². The zero-order valence-electron chi connectivity index (χ0n) is 16.7. The van der Waals surface area contributed by atoms with E-state index < -0.39 is 5.91 Å².